The number of carbonyl (C=O) groups is 1. The van der Waals surface area contributed by atoms with Crippen LogP contribution >= 0.6 is 11.8 Å². The maximum atomic E-state index is 13.6. The standard InChI is InChI=1S/C9H15F2NO2S/c10-9(11,5-7(12)8(13)14)6-1-3-15-4-2-6/h6-7H,1-5,12H2,(H,13,14). The van der Waals surface area contributed by atoms with E-state index in [0.717, 1.165) is 11.5 Å². The summed E-state index contributed by atoms with van der Waals surface area (Å²) in [5, 5.41) is 8.48. The van der Waals surface area contributed by atoms with Gasteiger partial charge in [-0.15, -0.1) is 0 Å². The Hall–Kier alpha value is -0.360. The van der Waals surface area contributed by atoms with E-state index in [1.165, 1.54) is 0 Å². The number of carboxylic acid groups (broad SMARTS) is 1. The Kier molecular flexibility index (Phi) is 4.33. The molecule has 1 rings (SSSR count). The summed E-state index contributed by atoms with van der Waals surface area (Å²) in [5.41, 5.74) is 5.12. The van der Waals surface area contributed by atoms with E-state index in [2.05, 4.69) is 0 Å². The van der Waals surface area contributed by atoms with E-state index in [1.807, 2.05) is 0 Å². The molecule has 1 heterocycles. The van der Waals surface area contributed by atoms with Gasteiger partial charge in [-0.1, -0.05) is 0 Å². The summed E-state index contributed by atoms with van der Waals surface area (Å²) < 4.78 is 27.1. The molecule has 88 valence electrons. The monoisotopic (exact) mass is 239 g/mol. The molecule has 1 aliphatic heterocycles. The van der Waals surface area contributed by atoms with Gasteiger partial charge in [-0.2, -0.15) is 11.8 Å². The molecule has 1 atom stereocenters. The van der Waals surface area contributed by atoms with Crippen LogP contribution in [0.25, 0.3) is 0 Å². The van der Waals surface area contributed by atoms with Crippen molar-refractivity contribution >= 4 is 17.7 Å². The number of hydrogen-bond donors (Lipinski definition) is 2. The fraction of sp³-hybridized carbons (Fsp3) is 0.889. The number of halogens is 2. The van der Waals surface area contributed by atoms with Crippen LogP contribution in [0.15, 0.2) is 0 Å². The second kappa shape index (κ2) is 5.12. The lowest BCUT2D eigenvalue weighted by molar-refractivity contribution is -0.143. The molecule has 0 saturated carbocycles. The zero-order chi connectivity index (χ0) is 11.5. The molecule has 1 saturated heterocycles. The lowest BCUT2D eigenvalue weighted by atomic mass is 9.90. The topological polar surface area (TPSA) is 63.3 Å². The van der Waals surface area contributed by atoms with Crippen molar-refractivity contribution in [2.75, 3.05) is 11.5 Å². The van der Waals surface area contributed by atoms with Crippen molar-refractivity contribution in [1.82, 2.24) is 0 Å². The van der Waals surface area contributed by atoms with E-state index in [-0.39, 0.29) is 0 Å². The predicted molar refractivity (Wildman–Crippen MR) is 55.2 cm³/mol. The van der Waals surface area contributed by atoms with Crippen molar-refractivity contribution in [1.29, 1.82) is 0 Å². The highest BCUT2D eigenvalue weighted by Gasteiger charge is 2.42. The molecular weight excluding hydrogens is 224 g/mol. The molecule has 1 unspecified atom stereocenters. The first kappa shape index (κ1) is 12.7. The number of hydrogen-bond acceptors (Lipinski definition) is 3. The molecule has 3 nitrogen and oxygen atoms in total. The average Bonchev–Trinajstić information content (AvgIpc) is 2.18. The number of rotatable bonds is 4. The summed E-state index contributed by atoms with van der Waals surface area (Å²) in [6.45, 7) is 0. The molecule has 0 bridgehead atoms. The summed E-state index contributed by atoms with van der Waals surface area (Å²) in [4.78, 5) is 10.4. The second-order valence-corrected chi connectivity index (χ2v) is 5.02. The second-order valence-electron chi connectivity index (χ2n) is 3.80. The van der Waals surface area contributed by atoms with Crippen molar-refractivity contribution in [2.45, 2.75) is 31.2 Å². The fourth-order valence-electron chi connectivity index (χ4n) is 1.67. The van der Waals surface area contributed by atoms with Crippen LogP contribution in [0, 0.1) is 5.92 Å². The third kappa shape index (κ3) is 3.61. The molecule has 6 heteroatoms. The Morgan fingerprint density at radius 1 is 1.53 bits per heavy atom. The van der Waals surface area contributed by atoms with Crippen molar-refractivity contribution in [2.24, 2.45) is 11.7 Å². The fourth-order valence-corrected chi connectivity index (χ4v) is 2.77. The first-order valence-corrected chi connectivity index (χ1v) is 6.03. The van der Waals surface area contributed by atoms with Crippen LogP contribution in [-0.2, 0) is 4.79 Å². The van der Waals surface area contributed by atoms with E-state index in [0.29, 0.717) is 12.8 Å². The average molecular weight is 239 g/mol. The SMILES string of the molecule is NC(CC(F)(F)C1CCSCC1)C(=O)O. The number of alkyl halides is 2. The third-order valence-electron chi connectivity index (χ3n) is 2.63. The molecule has 0 spiro atoms. The highest BCUT2D eigenvalue weighted by atomic mass is 32.2. The molecule has 0 aromatic rings. The quantitative estimate of drug-likeness (QED) is 0.781. The van der Waals surface area contributed by atoms with Gasteiger partial charge >= 0.3 is 5.97 Å². The summed E-state index contributed by atoms with van der Waals surface area (Å²) in [5.74, 6) is -3.56. The molecule has 0 aliphatic carbocycles. The van der Waals surface area contributed by atoms with Gasteiger partial charge in [-0.3, -0.25) is 4.79 Å². The van der Waals surface area contributed by atoms with E-state index >= 15 is 0 Å². The zero-order valence-electron chi connectivity index (χ0n) is 8.29. The summed E-state index contributed by atoms with van der Waals surface area (Å²) in [6.07, 6.45) is 0.145. The van der Waals surface area contributed by atoms with Crippen LogP contribution in [0.5, 0.6) is 0 Å². The maximum absolute atomic E-state index is 13.6. The van der Waals surface area contributed by atoms with Gasteiger partial charge < -0.3 is 10.8 Å². The molecule has 1 aliphatic rings. The molecule has 0 aromatic heterocycles. The Morgan fingerprint density at radius 3 is 2.53 bits per heavy atom. The number of carboxylic acids is 1. The van der Waals surface area contributed by atoms with Crippen LogP contribution in [-0.4, -0.2) is 34.5 Å². The summed E-state index contributed by atoms with van der Waals surface area (Å²) in [7, 11) is 0. The largest absolute Gasteiger partial charge is 0.480 e. The highest BCUT2D eigenvalue weighted by Crippen LogP contribution is 2.38. The maximum Gasteiger partial charge on any atom is 0.320 e. The van der Waals surface area contributed by atoms with Crippen molar-refractivity contribution in [3.8, 4) is 0 Å². The molecular formula is C9H15F2NO2S. The van der Waals surface area contributed by atoms with Gasteiger partial charge in [0.15, 0.2) is 0 Å². The summed E-state index contributed by atoms with van der Waals surface area (Å²) in [6, 6.07) is -1.46. The van der Waals surface area contributed by atoms with Crippen LogP contribution in [0.4, 0.5) is 8.78 Å². The number of nitrogens with two attached hydrogens (primary N) is 1. The molecule has 15 heavy (non-hydrogen) atoms. The van der Waals surface area contributed by atoms with Crippen LogP contribution in [0.3, 0.4) is 0 Å². The Morgan fingerprint density at radius 2 is 2.07 bits per heavy atom. The lowest BCUT2D eigenvalue weighted by Crippen LogP contribution is -2.41. The van der Waals surface area contributed by atoms with Crippen molar-refractivity contribution in [3.05, 3.63) is 0 Å². The predicted octanol–water partition coefficient (Wildman–Crippen LogP) is 1.57. The van der Waals surface area contributed by atoms with Gasteiger partial charge in [-0.25, -0.2) is 8.78 Å². The van der Waals surface area contributed by atoms with E-state index in [1.54, 1.807) is 11.8 Å². The van der Waals surface area contributed by atoms with Crippen LogP contribution < -0.4 is 5.73 Å². The van der Waals surface area contributed by atoms with E-state index in [4.69, 9.17) is 10.8 Å². The van der Waals surface area contributed by atoms with Gasteiger partial charge in [0, 0.05) is 12.3 Å². The molecule has 0 amide bonds. The van der Waals surface area contributed by atoms with Gasteiger partial charge in [0.25, 0.3) is 5.92 Å². The highest BCUT2D eigenvalue weighted by molar-refractivity contribution is 7.99. The molecule has 0 radical (unpaired) electrons. The smallest absolute Gasteiger partial charge is 0.320 e. The normalized spacial score (nSPS) is 21.3. The lowest BCUT2D eigenvalue weighted by Gasteiger charge is -2.30. The van der Waals surface area contributed by atoms with Gasteiger partial charge in [-0.05, 0) is 24.3 Å². The molecule has 1 fully saturated rings. The Labute approximate surface area is 91.4 Å². The minimum absolute atomic E-state index is 0.448. The Bertz CT molecular complexity index is 232. The van der Waals surface area contributed by atoms with E-state index < -0.39 is 30.3 Å². The van der Waals surface area contributed by atoms with Gasteiger partial charge in [0.2, 0.25) is 0 Å². The van der Waals surface area contributed by atoms with E-state index in [9.17, 15) is 13.6 Å². The van der Waals surface area contributed by atoms with Crippen LogP contribution in [0.2, 0.25) is 0 Å². The first-order chi connectivity index (χ1) is 6.93. The minimum atomic E-state index is -2.95. The van der Waals surface area contributed by atoms with Gasteiger partial charge in [0.1, 0.15) is 6.04 Å². The van der Waals surface area contributed by atoms with Crippen molar-refractivity contribution < 1.29 is 18.7 Å². The first-order valence-electron chi connectivity index (χ1n) is 4.87. The molecule has 3 N–H and O–H groups in total. The van der Waals surface area contributed by atoms with Gasteiger partial charge in [0.05, 0.1) is 0 Å². The third-order valence-corrected chi connectivity index (χ3v) is 3.68. The van der Waals surface area contributed by atoms with Crippen LogP contribution in [0.1, 0.15) is 19.3 Å². The van der Waals surface area contributed by atoms with Crippen molar-refractivity contribution in [3.63, 3.8) is 0 Å². The summed E-state index contributed by atoms with van der Waals surface area (Å²) >= 11 is 1.66. The molecule has 0 aromatic carbocycles. The number of thioether (sulfide) groups is 1. The minimum Gasteiger partial charge on any atom is -0.480 e. The Balaban J connectivity index is 2.52. The zero-order valence-corrected chi connectivity index (χ0v) is 9.10. The number of aliphatic carboxylic acids is 1.